The van der Waals surface area contributed by atoms with Crippen LogP contribution in [-0.2, 0) is 9.53 Å². The summed E-state index contributed by atoms with van der Waals surface area (Å²) in [7, 11) is 0. The first kappa shape index (κ1) is 15.8. The molecule has 2 rings (SSSR count). The van der Waals surface area contributed by atoms with Gasteiger partial charge in [0.2, 0.25) is 5.78 Å². The van der Waals surface area contributed by atoms with E-state index in [9.17, 15) is 9.59 Å². The zero-order valence-electron chi connectivity index (χ0n) is 10.7. The quantitative estimate of drug-likeness (QED) is 0.457. The molecular weight excluding hydrogens is 331 g/mol. The Kier molecular flexibility index (Phi) is 5.56. The maximum absolute atomic E-state index is 11.7. The van der Waals surface area contributed by atoms with Crippen LogP contribution in [0.5, 0.6) is 0 Å². The second kappa shape index (κ2) is 7.41. The van der Waals surface area contributed by atoms with Gasteiger partial charge in [0, 0.05) is 11.1 Å². The topological polar surface area (TPSA) is 43.4 Å². The maximum atomic E-state index is 11.7. The van der Waals surface area contributed by atoms with Gasteiger partial charge in [0.25, 0.3) is 0 Å². The van der Waals surface area contributed by atoms with Crippen LogP contribution in [0.2, 0.25) is 9.36 Å². The van der Waals surface area contributed by atoms with Gasteiger partial charge in [-0.15, -0.1) is 11.3 Å². The zero-order chi connectivity index (χ0) is 15.2. The highest BCUT2D eigenvalue weighted by Gasteiger charge is 2.10. The summed E-state index contributed by atoms with van der Waals surface area (Å²) in [6.45, 7) is -0.317. The normalized spacial score (nSPS) is 10.8. The van der Waals surface area contributed by atoms with Gasteiger partial charge in [-0.25, -0.2) is 4.79 Å². The number of Topliss-reactive ketones (excluding diaryl/α,β-unsaturated/α-hetero) is 1. The van der Waals surface area contributed by atoms with E-state index < -0.39 is 5.97 Å². The molecule has 1 aromatic heterocycles. The summed E-state index contributed by atoms with van der Waals surface area (Å²) >= 11 is 12.8. The van der Waals surface area contributed by atoms with Crippen LogP contribution in [0.3, 0.4) is 0 Å². The molecular formula is C15H10Cl2O3S. The van der Waals surface area contributed by atoms with Crippen LogP contribution in [0.25, 0.3) is 6.08 Å². The number of esters is 1. The number of hydrogen-bond acceptors (Lipinski definition) is 4. The molecule has 0 bridgehead atoms. The van der Waals surface area contributed by atoms with Crippen molar-refractivity contribution in [2.75, 3.05) is 6.61 Å². The number of carbonyl (C=O) groups is 2. The molecule has 1 heterocycles. The number of carbonyl (C=O) groups excluding carboxylic acids is 2. The van der Waals surface area contributed by atoms with E-state index in [-0.39, 0.29) is 12.4 Å². The zero-order valence-corrected chi connectivity index (χ0v) is 13.0. The molecule has 0 unspecified atom stereocenters. The predicted octanol–water partition coefficient (Wildman–Crippen LogP) is 4.49. The maximum Gasteiger partial charge on any atom is 0.331 e. The third-order valence-electron chi connectivity index (χ3n) is 2.50. The van der Waals surface area contributed by atoms with Gasteiger partial charge in [-0.05, 0) is 29.8 Å². The highest BCUT2D eigenvalue weighted by atomic mass is 35.5. The first-order chi connectivity index (χ1) is 10.1. The van der Waals surface area contributed by atoms with Crippen LogP contribution in [0.1, 0.15) is 15.2 Å². The molecule has 0 aliphatic carbocycles. The van der Waals surface area contributed by atoms with Crippen molar-refractivity contribution in [3.63, 3.8) is 0 Å². The minimum atomic E-state index is -0.606. The molecule has 108 valence electrons. The van der Waals surface area contributed by atoms with Gasteiger partial charge in [-0.1, -0.05) is 41.4 Å². The number of ketones is 1. The third kappa shape index (κ3) is 4.70. The van der Waals surface area contributed by atoms with E-state index in [0.717, 1.165) is 11.3 Å². The summed E-state index contributed by atoms with van der Waals surface area (Å²) < 4.78 is 5.39. The van der Waals surface area contributed by atoms with Gasteiger partial charge in [0.15, 0.2) is 6.61 Å². The third-order valence-corrected chi connectivity index (χ3v) is 4.11. The summed E-state index contributed by atoms with van der Waals surface area (Å²) in [6, 6.07) is 10.3. The lowest BCUT2D eigenvalue weighted by molar-refractivity contribution is -0.136. The molecule has 0 spiro atoms. The van der Waals surface area contributed by atoms with Gasteiger partial charge >= 0.3 is 5.97 Å². The molecule has 0 radical (unpaired) electrons. The summed E-state index contributed by atoms with van der Waals surface area (Å²) in [5, 5.41) is 0.533. The van der Waals surface area contributed by atoms with E-state index in [0.29, 0.717) is 19.8 Å². The van der Waals surface area contributed by atoms with Crippen molar-refractivity contribution in [2.24, 2.45) is 0 Å². The lowest BCUT2D eigenvalue weighted by atomic mass is 10.2. The molecule has 6 heteroatoms. The van der Waals surface area contributed by atoms with Crippen LogP contribution in [-0.4, -0.2) is 18.4 Å². The number of rotatable bonds is 5. The minimum absolute atomic E-state index is 0.286. The van der Waals surface area contributed by atoms with Crippen molar-refractivity contribution in [1.29, 1.82) is 0 Å². The fourth-order valence-corrected chi connectivity index (χ4v) is 2.65. The molecule has 0 atom stereocenters. The van der Waals surface area contributed by atoms with E-state index in [2.05, 4.69) is 0 Å². The van der Waals surface area contributed by atoms with Gasteiger partial charge in [0.05, 0.1) is 9.21 Å². The molecule has 0 saturated carbocycles. The average Bonchev–Trinajstić information content (AvgIpc) is 2.90. The van der Waals surface area contributed by atoms with E-state index in [1.165, 1.54) is 12.2 Å². The standard InChI is InChI=1S/C15H10Cl2O3S/c16-11-4-2-1-3-10(11)5-8-15(19)20-9-12(18)13-6-7-14(17)21-13/h1-8H,9H2. The fourth-order valence-electron chi connectivity index (χ4n) is 1.49. The number of thiophene rings is 1. The second-order valence-corrected chi connectivity index (χ2v) is 6.11. The van der Waals surface area contributed by atoms with Crippen molar-refractivity contribution < 1.29 is 14.3 Å². The first-order valence-corrected chi connectivity index (χ1v) is 7.51. The number of halogens is 2. The Bertz CT molecular complexity index is 692. The van der Waals surface area contributed by atoms with E-state index in [4.69, 9.17) is 27.9 Å². The minimum Gasteiger partial charge on any atom is -0.454 e. The van der Waals surface area contributed by atoms with Crippen molar-refractivity contribution >= 4 is 52.4 Å². The van der Waals surface area contributed by atoms with Crippen LogP contribution >= 0.6 is 34.5 Å². The Morgan fingerprint density at radius 1 is 1.14 bits per heavy atom. The van der Waals surface area contributed by atoms with E-state index in [1.807, 2.05) is 0 Å². The summed E-state index contributed by atoms with van der Waals surface area (Å²) in [5.74, 6) is -0.891. The van der Waals surface area contributed by atoms with Gasteiger partial charge in [0.1, 0.15) is 0 Å². The Labute approximate surface area is 135 Å². The Hall–Kier alpha value is -1.62. The Balaban J connectivity index is 1.88. The molecule has 1 aromatic carbocycles. The molecule has 0 amide bonds. The molecule has 0 aliphatic rings. The highest BCUT2D eigenvalue weighted by molar-refractivity contribution is 7.18. The van der Waals surface area contributed by atoms with Crippen molar-refractivity contribution in [3.05, 3.63) is 62.3 Å². The summed E-state index contributed by atoms with van der Waals surface area (Å²) in [4.78, 5) is 23.7. The predicted molar refractivity (Wildman–Crippen MR) is 85.1 cm³/mol. The van der Waals surface area contributed by atoms with Gasteiger partial charge in [-0.3, -0.25) is 4.79 Å². The molecule has 21 heavy (non-hydrogen) atoms. The SMILES string of the molecule is O=C(C=Cc1ccccc1Cl)OCC(=O)c1ccc(Cl)s1. The highest BCUT2D eigenvalue weighted by Crippen LogP contribution is 2.21. The first-order valence-electron chi connectivity index (χ1n) is 5.94. The molecule has 0 saturated heterocycles. The average molecular weight is 341 g/mol. The molecule has 2 aromatic rings. The van der Waals surface area contributed by atoms with Crippen LogP contribution in [0.15, 0.2) is 42.5 Å². The van der Waals surface area contributed by atoms with Gasteiger partial charge < -0.3 is 4.74 Å². The Morgan fingerprint density at radius 2 is 1.90 bits per heavy atom. The number of hydrogen-bond donors (Lipinski definition) is 0. The Morgan fingerprint density at radius 3 is 2.57 bits per heavy atom. The second-order valence-electron chi connectivity index (χ2n) is 3.99. The van der Waals surface area contributed by atoms with Crippen LogP contribution in [0.4, 0.5) is 0 Å². The summed E-state index contributed by atoms with van der Waals surface area (Å²) in [6.07, 6.45) is 2.77. The monoisotopic (exact) mass is 340 g/mol. The molecule has 3 nitrogen and oxygen atoms in total. The van der Waals surface area contributed by atoms with Crippen LogP contribution < -0.4 is 0 Å². The number of ether oxygens (including phenoxy) is 1. The lowest BCUT2D eigenvalue weighted by Crippen LogP contribution is -2.11. The largest absolute Gasteiger partial charge is 0.454 e. The van der Waals surface area contributed by atoms with Gasteiger partial charge in [-0.2, -0.15) is 0 Å². The number of benzene rings is 1. The smallest absolute Gasteiger partial charge is 0.331 e. The summed E-state index contributed by atoms with van der Waals surface area (Å²) in [5.41, 5.74) is 0.701. The molecule has 0 N–H and O–H groups in total. The molecule has 0 aliphatic heterocycles. The lowest BCUT2D eigenvalue weighted by Gasteiger charge is -2.00. The van der Waals surface area contributed by atoms with Crippen molar-refractivity contribution in [3.8, 4) is 0 Å². The van der Waals surface area contributed by atoms with Crippen molar-refractivity contribution in [1.82, 2.24) is 0 Å². The van der Waals surface area contributed by atoms with Crippen LogP contribution in [0, 0.1) is 0 Å². The van der Waals surface area contributed by atoms with E-state index in [1.54, 1.807) is 36.4 Å². The van der Waals surface area contributed by atoms with E-state index >= 15 is 0 Å². The molecule has 0 fully saturated rings. The van der Waals surface area contributed by atoms with Crippen molar-refractivity contribution in [2.45, 2.75) is 0 Å². The fraction of sp³-hybridized carbons (Fsp3) is 0.0667.